The van der Waals surface area contributed by atoms with Crippen LogP contribution in [0.15, 0.2) is 0 Å². The van der Waals surface area contributed by atoms with Gasteiger partial charge in [-0.15, -0.1) is 0 Å². The number of amides is 1. The highest BCUT2D eigenvalue weighted by Gasteiger charge is 1.92. The molecule has 0 bridgehead atoms. The molecule has 0 aromatic heterocycles. The highest BCUT2D eigenvalue weighted by atomic mass is 16.1. The van der Waals surface area contributed by atoms with Gasteiger partial charge in [-0.1, -0.05) is 6.92 Å². The van der Waals surface area contributed by atoms with E-state index in [-0.39, 0.29) is 5.91 Å². The molecule has 0 aliphatic rings. The Morgan fingerprint density at radius 1 is 1.67 bits per heavy atom. The predicted octanol–water partition coefficient (Wildman–Crippen LogP) is 0.0317. The Balaban J connectivity index is 3.16. The van der Waals surface area contributed by atoms with E-state index in [2.05, 4.69) is 5.32 Å². The standard InChI is InChI=1S/C6H14N2O/c1-4-8(3)5-7-6(2)9/h4-5H2,1-3H3,(H,7,9). The smallest absolute Gasteiger partial charge is 0.217 e. The molecule has 0 unspecified atom stereocenters. The van der Waals surface area contributed by atoms with Gasteiger partial charge in [0.15, 0.2) is 0 Å². The second kappa shape index (κ2) is 4.32. The van der Waals surface area contributed by atoms with Gasteiger partial charge in [-0.2, -0.15) is 0 Å². The minimum absolute atomic E-state index is 0.0234. The van der Waals surface area contributed by atoms with Gasteiger partial charge in [0.1, 0.15) is 0 Å². The quantitative estimate of drug-likeness (QED) is 0.547. The van der Waals surface area contributed by atoms with E-state index in [4.69, 9.17) is 0 Å². The molecule has 0 aromatic carbocycles. The monoisotopic (exact) mass is 130 g/mol. The van der Waals surface area contributed by atoms with Gasteiger partial charge in [-0.05, 0) is 13.6 Å². The molecule has 0 aliphatic carbocycles. The lowest BCUT2D eigenvalue weighted by Gasteiger charge is -2.12. The molecule has 0 saturated carbocycles. The minimum Gasteiger partial charge on any atom is -0.344 e. The highest BCUT2D eigenvalue weighted by molar-refractivity contribution is 5.72. The van der Waals surface area contributed by atoms with E-state index < -0.39 is 0 Å². The molecule has 3 nitrogen and oxygen atoms in total. The lowest BCUT2D eigenvalue weighted by molar-refractivity contribution is -0.119. The number of hydrogen-bond donors (Lipinski definition) is 1. The Labute approximate surface area is 56.0 Å². The van der Waals surface area contributed by atoms with Crippen molar-refractivity contribution in [3.05, 3.63) is 0 Å². The van der Waals surface area contributed by atoms with Crippen molar-refractivity contribution in [3.8, 4) is 0 Å². The van der Waals surface area contributed by atoms with Crippen molar-refractivity contribution in [1.82, 2.24) is 10.2 Å². The van der Waals surface area contributed by atoms with Crippen LogP contribution in [-0.2, 0) is 4.79 Å². The summed E-state index contributed by atoms with van der Waals surface area (Å²) < 4.78 is 0. The molecule has 0 saturated heterocycles. The third kappa shape index (κ3) is 5.30. The van der Waals surface area contributed by atoms with Crippen LogP contribution >= 0.6 is 0 Å². The van der Waals surface area contributed by atoms with E-state index in [1.807, 2.05) is 18.9 Å². The summed E-state index contributed by atoms with van der Waals surface area (Å²) in [7, 11) is 1.95. The van der Waals surface area contributed by atoms with Gasteiger partial charge in [0, 0.05) is 6.92 Å². The second-order valence-corrected chi connectivity index (χ2v) is 2.06. The normalized spacial score (nSPS) is 9.78. The largest absolute Gasteiger partial charge is 0.344 e. The molecule has 0 aromatic rings. The Bertz CT molecular complexity index is 93.1. The Morgan fingerprint density at radius 2 is 2.22 bits per heavy atom. The van der Waals surface area contributed by atoms with Crippen molar-refractivity contribution in [2.24, 2.45) is 0 Å². The number of hydrogen-bond acceptors (Lipinski definition) is 2. The average molecular weight is 130 g/mol. The number of nitrogens with zero attached hydrogens (tertiary/aromatic N) is 1. The van der Waals surface area contributed by atoms with Gasteiger partial charge < -0.3 is 5.32 Å². The fourth-order valence-corrected chi connectivity index (χ4v) is 0.358. The van der Waals surface area contributed by atoms with Gasteiger partial charge in [-0.3, -0.25) is 9.69 Å². The number of carbonyl (C=O) groups is 1. The average Bonchev–Trinajstić information content (AvgIpc) is 1.83. The molecule has 0 aliphatic heterocycles. The van der Waals surface area contributed by atoms with Crippen LogP contribution in [0.25, 0.3) is 0 Å². The van der Waals surface area contributed by atoms with Crippen LogP contribution in [0.2, 0.25) is 0 Å². The Morgan fingerprint density at radius 3 is 2.56 bits per heavy atom. The first-order valence-electron chi connectivity index (χ1n) is 3.09. The highest BCUT2D eigenvalue weighted by Crippen LogP contribution is 1.74. The van der Waals surface area contributed by atoms with Gasteiger partial charge in [0.25, 0.3) is 0 Å². The maximum absolute atomic E-state index is 10.3. The van der Waals surface area contributed by atoms with Crippen molar-refractivity contribution in [2.75, 3.05) is 20.3 Å². The van der Waals surface area contributed by atoms with Crippen LogP contribution in [0.4, 0.5) is 0 Å². The molecule has 9 heavy (non-hydrogen) atoms. The molecule has 0 spiro atoms. The summed E-state index contributed by atoms with van der Waals surface area (Å²) in [5, 5.41) is 2.68. The van der Waals surface area contributed by atoms with E-state index in [9.17, 15) is 4.79 Å². The van der Waals surface area contributed by atoms with Crippen molar-refractivity contribution >= 4 is 5.91 Å². The van der Waals surface area contributed by atoms with E-state index >= 15 is 0 Å². The third-order valence-corrected chi connectivity index (χ3v) is 1.14. The molecule has 0 radical (unpaired) electrons. The summed E-state index contributed by atoms with van der Waals surface area (Å²) in [4.78, 5) is 12.3. The molecule has 0 atom stereocenters. The molecule has 1 amide bonds. The van der Waals surface area contributed by atoms with Crippen LogP contribution in [0.1, 0.15) is 13.8 Å². The molecule has 0 fully saturated rings. The van der Waals surface area contributed by atoms with Crippen LogP contribution in [0.3, 0.4) is 0 Å². The van der Waals surface area contributed by atoms with Crippen molar-refractivity contribution < 1.29 is 4.79 Å². The molecule has 3 heteroatoms. The summed E-state index contributed by atoms with van der Waals surface area (Å²) in [5.74, 6) is 0.0234. The molecular formula is C6H14N2O. The van der Waals surface area contributed by atoms with E-state index in [0.717, 1.165) is 6.54 Å². The lowest BCUT2D eigenvalue weighted by atomic mass is 10.6. The van der Waals surface area contributed by atoms with Crippen molar-refractivity contribution in [1.29, 1.82) is 0 Å². The predicted molar refractivity (Wildman–Crippen MR) is 37.0 cm³/mol. The molecular weight excluding hydrogens is 116 g/mol. The first-order valence-corrected chi connectivity index (χ1v) is 3.09. The van der Waals surface area contributed by atoms with Crippen LogP contribution in [0.5, 0.6) is 0 Å². The van der Waals surface area contributed by atoms with Gasteiger partial charge in [0.05, 0.1) is 6.67 Å². The third-order valence-electron chi connectivity index (χ3n) is 1.14. The summed E-state index contributed by atoms with van der Waals surface area (Å²) in [5.41, 5.74) is 0. The second-order valence-electron chi connectivity index (χ2n) is 2.06. The maximum atomic E-state index is 10.3. The molecule has 0 rings (SSSR count). The fraction of sp³-hybridized carbons (Fsp3) is 0.833. The van der Waals surface area contributed by atoms with E-state index in [1.165, 1.54) is 6.92 Å². The fourth-order valence-electron chi connectivity index (χ4n) is 0.358. The van der Waals surface area contributed by atoms with Gasteiger partial charge in [-0.25, -0.2) is 0 Å². The zero-order chi connectivity index (χ0) is 7.28. The number of rotatable bonds is 3. The van der Waals surface area contributed by atoms with E-state index in [1.54, 1.807) is 0 Å². The SMILES string of the molecule is CCN(C)CNC(C)=O. The topological polar surface area (TPSA) is 32.3 Å². The van der Waals surface area contributed by atoms with Gasteiger partial charge >= 0.3 is 0 Å². The first kappa shape index (κ1) is 8.43. The molecule has 0 heterocycles. The molecule has 54 valence electrons. The summed E-state index contributed by atoms with van der Waals surface area (Å²) in [6.45, 7) is 5.16. The van der Waals surface area contributed by atoms with Gasteiger partial charge in [0.2, 0.25) is 5.91 Å². The summed E-state index contributed by atoms with van der Waals surface area (Å²) in [6, 6.07) is 0. The zero-order valence-corrected chi connectivity index (χ0v) is 6.27. The lowest BCUT2D eigenvalue weighted by Crippen LogP contribution is -2.33. The number of carbonyl (C=O) groups excluding carboxylic acids is 1. The first-order chi connectivity index (χ1) is 4.16. The van der Waals surface area contributed by atoms with Crippen molar-refractivity contribution in [3.63, 3.8) is 0 Å². The van der Waals surface area contributed by atoms with Crippen LogP contribution in [0, 0.1) is 0 Å². The van der Waals surface area contributed by atoms with Crippen LogP contribution < -0.4 is 5.32 Å². The van der Waals surface area contributed by atoms with Crippen molar-refractivity contribution in [2.45, 2.75) is 13.8 Å². The Kier molecular flexibility index (Phi) is 4.05. The maximum Gasteiger partial charge on any atom is 0.217 e. The minimum atomic E-state index is 0.0234. The number of nitrogens with one attached hydrogen (secondary N) is 1. The molecule has 1 N–H and O–H groups in total. The zero-order valence-electron chi connectivity index (χ0n) is 6.27. The Hall–Kier alpha value is -0.570. The summed E-state index contributed by atoms with van der Waals surface area (Å²) in [6.07, 6.45) is 0. The van der Waals surface area contributed by atoms with E-state index in [0.29, 0.717) is 6.67 Å². The summed E-state index contributed by atoms with van der Waals surface area (Å²) >= 11 is 0. The van der Waals surface area contributed by atoms with Crippen LogP contribution in [-0.4, -0.2) is 31.1 Å².